The van der Waals surface area contributed by atoms with E-state index in [2.05, 4.69) is 0 Å². The van der Waals surface area contributed by atoms with Crippen LogP contribution in [0.3, 0.4) is 0 Å². The van der Waals surface area contributed by atoms with Crippen molar-refractivity contribution in [3.63, 3.8) is 0 Å². The molecule has 84 valence electrons. The van der Waals surface area contributed by atoms with Crippen molar-refractivity contribution in [3.8, 4) is 0 Å². The monoisotopic (exact) mass is 210 g/mol. The second-order valence-electron chi connectivity index (χ2n) is 5.42. The van der Waals surface area contributed by atoms with Crippen LogP contribution in [0, 0.1) is 11.3 Å². The van der Waals surface area contributed by atoms with Crippen LogP contribution < -0.4 is 0 Å². The van der Waals surface area contributed by atoms with Gasteiger partial charge in [-0.1, -0.05) is 0 Å². The summed E-state index contributed by atoms with van der Waals surface area (Å²) >= 11 is 0. The quantitative estimate of drug-likeness (QED) is 0.673. The lowest BCUT2D eigenvalue weighted by atomic mass is 10.2. The molecule has 1 aliphatic carbocycles. The van der Waals surface area contributed by atoms with Crippen molar-refractivity contribution in [2.45, 2.75) is 51.3 Å². The third-order valence-corrected chi connectivity index (χ3v) is 2.94. The van der Waals surface area contributed by atoms with Crippen molar-refractivity contribution < 1.29 is 9.53 Å². The number of carbonyl (C=O) groups is 1. The lowest BCUT2D eigenvalue weighted by molar-refractivity contribution is 0.0233. The van der Waals surface area contributed by atoms with Crippen LogP contribution in [0.15, 0.2) is 0 Å². The second kappa shape index (κ2) is 3.22. The van der Waals surface area contributed by atoms with Gasteiger partial charge in [-0.15, -0.1) is 0 Å². The van der Waals surface area contributed by atoms with E-state index in [1.54, 1.807) is 4.90 Å². The largest absolute Gasteiger partial charge is 0.444 e. The Morgan fingerprint density at radius 3 is 2.67 bits per heavy atom. The summed E-state index contributed by atoms with van der Waals surface area (Å²) < 4.78 is 5.33. The zero-order chi connectivity index (χ0) is 11.2. The molecule has 1 saturated heterocycles. The molecule has 0 spiro atoms. The molecule has 3 atom stereocenters. The van der Waals surface area contributed by atoms with Gasteiger partial charge in [-0.25, -0.2) is 4.79 Å². The Morgan fingerprint density at radius 2 is 2.13 bits per heavy atom. The van der Waals surface area contributed by atoms with Crippen molar-refractivity contribution in [3.05, 3.63) is 0 Å². The van der Waals surface area contributed by atoms with E-state index >= 15 is 0 Å². The SMILES string of the molecule is CC(C)(C)OC(=O)N1[C@@H]2C[C@@H]2C[C@@H]1C=N. The fourth-order valence-electron chi connectivity index (χ4n) is 2.23. The normalized spacial score (nSPS) is 33.5. The molecule has 4 nitrogen and oxygen atoms in total. The molecule has 1 aliphatic heterocycles. The van der Waals surface area contributed by atoms with Gasteiger partial charge in [0, 0.05) is 12.3 Å². The smallest absolute Gasteiger partial charge is 0.411 e. The van der Waals surface area contributed by atoms with Crippen LogP contribution in [0.1, 0.15) is 33.6 Å². The first-order valence-corrected chi connectivity index (χ1v) is 5.44. The highest BCUT2D eigenvalue weighted by molar-refractivity contribution is 5.76. The third-order valence-electron chi connectivity index (χ3n) is 2.94. The first-order valence-electron chi connectivity index (χ1n) is 5.44. The Bertz CT molecular complexity index is 295. The van der Waals surface area contributed by atoms with Crippen LogP contribution in [0.4, 0.5) is 4.79 Å². The molecule has 1 saturated carbocycles. The molecule has 2 rings (SSSR count). The molecule has 4 heteroatoms. The minimum Gasteiger partial charge on any atom is -0.444 e. The Hall–Kier alpha value is -1.06. The van der Waals surface area contributed by atoms with E-state index in [1.165, 1.54) is 6.21 Å². The van der Waals surface area contributed by atoms with Gasteiger partial charge in [0.05, 0.1) is 6.04 Å². The van der Waals surface area contributed by atoms with E-state index in [4.69, 9.17) is 10.1 Å². The van der Waals surface area contributed by atoms with Gasteiger partial charge >= 0.3 is 6.09 Å². The molecule has 0 radical (unpaired) electrons. The number of hydrogen-bond donors (Lipinski definition) is 1. The number of carbonyl (C=O) groups excluding carboxylic acids is 1. The van der Waals surface area contributed by atoms with Crippen molar-refractivity contribution >= 4 is 12.3 Å². The lowest BCUT2D eigenvalue weighted by Gasteiger charge is -2.28. The van der Waals surface area contributed by atoms with Gasteiger partial charge in [-0.2, -0.15) is 0 Å². The first kappa shape index (κ1) is 10.5. The van der Waals surface area contributed by atoms with Gasteiger partial charge < -0.3 is 10.1 Å². The number of ether oxygens (including phenoxy) is 1. The molecular formula is C11H18N2O2. The Morgan fingerprint density at radius 1 is 1.47 bits per heavy atom. The molecule has 0 aromatic rings. The van der Waals surface area contributed by atoms with Crippen molar-refractivity contribution in [1.82, 2.24) is 4.90 Å². The minimum absolute atomic E-state index is 0.0383. The van der Waals surface area contributed by atoms with E-state index in [-0.39, 0.29) is 12.1 Å². The number of nitrogens with zero attached hydrogens (tertiary/aromatic N) is 1. The summed E-state index contributed by atoms with van der Waals surface area (Å²) in [5, 5.41) is 7.29. The first-order chi connectivity index (χ1) is 6.92. The fourth-order valence-corrected chi connectivity index (χ4v) is 2.23. The standard InChI is InChI=1S/C11H18N2O2/c1-11(2,3)15-10(14)13-8(6-12)4-7-5-9(7)13/h6-9,12H,4-5H2,1-3H3/t7-,8+,9+/m0/s1. The van der Waals surface area contributed by atoms with E-state index in [1.807, 2.05) is 20.8 Å². The highest BCUT2D eigenvalue weighted by Crippen LogP contribution is 2.47. The predicted molar refractivity (Wildman–Crippen MR) is 57.2 cm³/mol. The zero-order valence-corrected chi connectivity index (χ0v) is 9.49. The van der Waals surface area contributed by atoms with Crippen molar-refractivity contribution in [1.29, 1.82) is 5.41 Å². The number of fused-ring (bicyclic) bond motifs is 1. The molecule has 0 unspecified atom stereocenters. The maximum Gasteiger partial charge on any atom is 0.411 e. The number of amides is 1. The highest BCUT2D eigenvalue weighted by Gasteiger charge is 2.54. The molecule has 15 heavy (non-hydrogen) atoms. The zero-order valence-electron chi connectivity index (χ0n) is 9.49. The summed E-state index contributed by atoms with van der Waals surface area (Å²) in [7, 11) is 0. The van der Waals surface area contributed by atoms with Gasteiger partial charge in [-0.05, 0) is 39.5 Å². The number of hydrogen-bond acceptors (Lipinski definition) is 3. The van der Waals surface area contributed by atoms with Gasteiger partial charge in [-0.3, -0.25) is 4.90 Å². The van der Waals surface area contributed by atoms with Gasteiger partial charge in [0.1, 0.15) is 5.60 Å². The van der Waals surface area contributed by atoms with Gasteiger partial charge in [0.15, 0.2) is 0 Å². The maximum atomic E-state index is 11.9. The van der Waals surface area contributed by atoms with Crippen molar-refractivity contribution in [2.75, 3.05) is 0 Å². The van der Waals surface area contributed by atoms with Crippen LogP contribution in [0.25, 0.3) is 0 Å². The molecule has 1 heterocycles. The molecule has 0 bridgehead atoms. The average Bonchev–Trinajstić information content (AvgIpc) is 2.73. The van der Waals surface area contributed by atoms with Crippen LogP contribution in [0.5, 0.6) is 0 Å². The van der Waals surface area contributed by atoms with E-state index < -0.39 is 5.60 Å². The second-order valence-corrected chi connectivity index (χ2v) is 5.42. The van der Waals surface area contributed by atoms with Crippen LogP contribution in [0.2, 0.25) is 0 Å². The van der Waals surface area contributed by atoms with Gasteiger partial charge in [0.2, 0.25) is 0 Å². The van der Waals surface area contributed by atoms with E-state index in [0.29, 0.717) is 12.0 Å². The molecule has 1 amide bonds. The molecular weight excluding hydrogens is 192 g/mol. The topological polar surface area (TPSA) is 53.4 Å². The van der Waals surface area contributed by atoms with Crippen LogP contribution in [-0.2, 0) is 4.74 Å². The van der Waals surface area contributed by atoms with Crippen LogP contribution >= 0.6 is 0 Å². The molecule has 2 aliphatic rings. The summed E-state index contributed by atoms with van der Waals surface area (Å²) in [4.78, 5) is 13.6. The molecule has 2 fully saturated rings. The van der Waals surface area contributed by atoms with Gasteiger partial charge in [0.25, 0.3) is 0 Å². The molecule has 0 aromatic carbocycles. The summed E-state index contributed by atoms with van der Waals surface area (Å²) in [6.45, 7) is 5.60. The molecule has 0 aromatic heterocycles. The predicted octanol–water partition coefficient (Wildman–Crippen LogP) is 2.03. The third kappa shape index (κ3) is 1.98. The number of piperidine rings is 1. The molecule has 1 N–H and O–H groups in total. The Labute approximate surface area is 90.1 Å². The average molecular weight is 210 g/mol. The summed E-state index contributed by atoms with van der Waals surface area (Å²) in [6, 6.07) is 0.301. The van der Waals surface area contributed by atoms with E-state index in [0.717, 1.165) is 12.8 Å². The Kier molecular flexibility index (Phi) is 2.24. The highest BCUT2D eigenvalue weighted by atomic mass is 16.6. The minimum atomic E-state index is -0.448. The fraction of sp³-hybridized carbons (Fsp3) is 0.818. The maximum absolute atomic E-state index is 11.9. The number of nitrogens with one attached hydrogen (secondary N) is 1. The van der Waals surface area contributed by atoms with Crippen LogP contribution in [-0.4, -0.2) is 34.9 Å². The summed E-state index contributed by atoms with van der Waals surface area (Å²) in [6.07, 6.45) is 3.12. The Balaban J connectivity index is 2.02. The lowest BCUT2D eigenvalue weighted by Crippen LogP contribution is -2.42. The van der Waals surface area contributed by atoms with E-state index in [9.17, 15) is 4.79 Å². The number of rotatable bonds is 1. The number of likely N-dealkylation sites (tertiary alicyclic amines) is 1. The summed E-state index contributed by atoms with van der Waals surface area (Å²) in [5.41, 5.74) is -0.448. The summed E-state index contributed by atoms with van der Waals surface area (Å²) in [5.74, 6) is 0.615. The van der Waals surface area contributed by atoms with Crippen molar-refractivity contribution in [2.24, 2.45) is 5.92 Å².